The Hall–Kier alpha value is -0.630. The summed E-state index contributed by atoms with van der Waals surface area (Å²) in [4.78, 5) is 6.15. The molecule has 0 radical (unpaired) electrons. The van der Waals surface area contributed by atoms with Gasteiger partial charge in [0.05, 0.1) is 0 Å². The molecule has 0 N–H and O–H groups in total. The van der Waals surface area contributed by atoms with Gasteiger partial charge in [-0.15, -0.1) is 11.3 Å². The Labute approximate surface area is 83.5 Å². The lowest BCUT2D eigenvalue weighted by Gasteiger charge is -2.12. The second kappa shape index (κ2) is 4.05. The topological polar surface area (TPSA) is 12.4 Å². The van der Waals surface area contributed by atoms with Crippen molar-refractivity contribution >= 4 is 17.0 Å². The van der Waals surface area contributed by atoms with Crippen molar-refractivity contribution in [2.24, 2.45) is 4.99 Å². The van der Waals surface area contributed by atoms with Gasteiger partial charge in [-0.05, 0) is 24.3 Å². The highest BCUT2D eigenvalue weighted by Crippen LogP contribution is 2.23. The van der Waals surface area contributed by atoms with Crippen LogP contribution in [0.1, 0.15) is 36.6 Å². The van der Waals surface area contributed by atoms with Crippen molar-refractivity contribution in [3.63, 3.8) is 0 Å². The van der Waals surface area contributed by atoms with Crippen LogP contribution in [-0.2, 0) is 6.42 Å². The van der Waals surface area contributed by atoms with Crippen LogP contribution in [0.5, 0.6) is 0 Å². The Morgan fingerprint density at radius 3 is 3.31 bits per heavy atom. The maximum absolute atomic E-state index is 4.60. The summed E-state index contributed by atoms with van der Waals surface area (Å²) in [7, 11) is 0. The Morgan fingerprint density at radius 1 is 1.54 bits per heavy atom. The molecule has 13 heavy (non-hydrogen) atoms. The molecule has 1 aromatic rings. The van der Waals surface area contributed by atoms with E-state index in [2.05, 4.69) is 23.4 Å². The summed E-state index contributed by atoms with van der Waals surface area (Å²) >= 11 is 1.88. The van der Waals surface area contributed by atoms with Crippen LogP contribution in [0.3, 0.4) is 0 Å². The van der Waals surface area contributed by atoms with Crippen LogP contribution in [-0.4, -0.2) is 12.3 Å². The van der Waals surface area contributed by atoms with E-state index in [0.717, 1.165) is 13.0 Å². The smallest absolute Gasteiger partial charge is 0.0441 e. The maximum atomic E-state index is 4.60. The summed E-state index contributed by atoms with van der Waals surface area (Å²) in [6.07, 6.45) is 4.86. The van der Waals surface area contributed by atoms with Crippen molar-refractivity contribution in [3.05, 3.63) is 21.9 Å². The van der Waals surface area contributed by atoms with E-state index in [0.29, 0.717) is 0 Å². The van der Waals surface area contributed by atoms with Crippen molar-refractivity contribution in [1.29, 1.82) is 0 Å². The number of thiophene rings is 1. The largest absolute Gasteiger partial charge is 0.289 e. The second-order valence-electron chi connectivity index (χ2n) is 3.44. The molecule has 0 unspecified atom stereocenters. The molecule has 0 atom stereocenters. The van der Waals surface area contributed by atoms with Gasteiger partial charge in [0.15, 0.2) is 0 Å². The van der Waals surface area contributed by atoms with Gasteiger partial charge in [-0.2, -0.15) is 0 Å². The summed E-state index contributed by atoms with van der Waals surface area (Å²) in [5.74, 6) is 0. The SMILES string of the molecule is CCCCC1=NCCc2sccc21. The fraction of sp³-hybridized carbons (Fsp3) is 0.545. The molecule has 0 spiro atoms. The Balaban J connectivity index is 2.15. The quantitative estimate of drug-likeness (QED) is 0.698. The number of unbranched alkanes of at least 4 members (excludes halogenated alkanes) is 1. The van der Waals surface area contributed by atoms with Gasteiger partial charge >= 0.3 is 0 Å². The Bertz CT molecular complexity index is 312. The van der Waals surface area contributed by atoms with Gasteiger partial charge in [-0.3, -0.25) is 4.99 Å². The first-order valence-electron chi connectivity index (χ1n) is 5.02. The average Bonchev–Trinajstić information content (AvgIpc) is 2.62. The van der Waals surface area contributed by atoms with E-state index in [4.69, 9.17) is 0 Å². The summed E-state index contributed by atoms with van der Waals surface area (Å²) in [5, 5.41) is 2.19. The highest BCUT2D eigenvalue weighted by Gasteiger charge is 2.13. The van der Waals surface area contributed by atoms with Crippen LogP contribution >= 0.6 is 11.3 Å². The van der Waals surface area contributed by atoms with Crippen molar-refractivity contribution < 1.29 is 0 Å². The minimum Gasteiger partial charge on any atom is -0.289 e. The molecule has 2 heterocycles. The zero-order chi connectivity index (χ0) is 9.10. The maximum Gasteiger partial charge on any atom is 0.0441 e. The lowest BCUT2D eigenvalue weighted by atomic mass is 10.0. The van der Waals surface area contributed by atoms with Crippen molar-refractivity contribution in [1.82, 2.24) is 0 Å². The molecule has 1 aromatic heterocycles. The van der Waals surface area contributed by atoms with Gasteiger partial charge in [-0.1, -0.05) is 13.3 Å². The standard InChI is InChI=1S/C11H15NS/c1-2-3-4-10-9-6-8-13-11(9)5-7-12-10/h6,8H,2-5,7H2,1H3. The fourth-order valence-corrected chi connectivity index (χ4v) is 2.62. The third-order valence-electron chi connectivity index (χ3n) is 2.46. The molecule has 0 bridgehead atoms. The van der Waals surface area contributed by atoms with E-state index >= 15 is 0 Å². The van der Waals surface area contributed by atoms with Gasteiger partial charge in [0.2, 0.25) is 0 Å². The van der Waals surface area contributed by atoms with E-state index in [1.807, 2.05) is 11.3 Å². The fourth-order valence-electron chi connectivity index (χ4n) is 1.73. The molecule has 1 aliphatic rings. The molecule has 1 aliphatic heterocycles. The summed E-state index contributed by atoms with van der Waals surface area (Å²) < 4.78 is 0. The van der Waals surface area contributed by atoms with Crippen LogP contribution in [0.25, 0.3) is 0 Å². The summed E-state index contributed by atoms with van der Waals surface area (Å²) in [5.41, 5.74) is 2.79. The van der Waals surface area contributed by atoms with Crippen LogP contribution < -0.4 is 0 Å². The van der Waals surface area contributed by atoms with Gasteiger partial charge in [0, 0.05) is 29.1 Å². The van der Waals surface area contributed by atoms with Gasteiger partial charge < -0.3 is 0 Å². The number of rotatable bonds is 3. The van der Waals surface area contributed by atoms with Crippen LogP contribution in [0.15, 0.2) is 16.4 Å². The second-order valence-corrected chi connectivity index (χ2v) is 4.44. The first-order chi connectivity index (χ1) is 6.42. The molecule has 0 aromatic carbocycles. The summed E-state index contributed by atoms with van der Waals surface area (Å²) in [6, 6.07) is 2.23. The van der Waals surface area contributed by atoms with Crippen LogP contribution in [0, 0.1) is 0 Å². The first-order valence-corrected chi connectivity index (χ1v) is 5.90. The van der Waals surface area contributed by atoms with E-state index in [1.165, 1.54) is 30.5 Å². The average molecular weight is 193 g/mol. The highest BCUT2D eigenvalue weighted by atomic mass is 32.1. The molecule has 0 aliphatic carbocycles. The van der Waals surface area contributed by atoms with Crippen LogP contribution in [0.2, 0.25) is 0 Å². The van der Waals surface area contributed by atoms with E-state index in [9.17, 15) is 0 Å². The molecule has 0 fully saturated rings. The lowest BCUT2D eigenvalue weighted by Crippen LogP contribution is -2.09. The molecular weight excluding hydrogens is 178 g/mol. The molecule has 2 heteroatoms. The van der Waals surface area contributed by atoms with Crippen molar-refractivity contribution in [2.45, 2.75) is 32.6 Å². The Kier molecular flexibility index (Phi) is 2.79. The molecule has 0 saturated heterocycles. The van der Waals surface area contributed by atoms with Crippen molar-refractivity contribution in [2.75, 3.05) is 6.54 Å². The molecule has 70 valence electrons. The van der Waals surface area contributed by atoms with E-state index in [-0.39, 0.29) is 0 Å². The zero-order valence-corrected chi connectivity index (χ0v) is 8.86. The normalized spacial score (nSPS) is 15.3. The number of hydrogen-bond donors (Lipinski definition) is 0. The number of nitrogens with zero attached hydrogens (tertiary/aromatic N) is 1. The molecule has 0 amide bonds. The summed E-state index contributed by atoms with van der Waals surface area (Å²) in [6.45, 7) is 3.24. The predicted octanol–water partition coefficient (Wildman–Crippen LogP) is 3.28. The minimum atomic E-state index is 1.01. The van der Waals surface area contributed by atoms with Gasteiger partial charge in [0.25, 0.3) is 0 Å². The van der Waals surface area contributed by atoms with Crippen molar-refractivity contribution in [3.8, 4) is 0 Å². The Morgan fingerprint density at radius 2 is 2.46 bits per heavy atom. The monoisotopic (exact) mass is 193 g/mol. The van der Waals surface area contributed by atoms with Gasteiger partial charge in [-0.25, -0.2) is 0 Å². The van der Waals surface area contributed by atoms with E-state index in [1.54, 1.807) is 4.88 Å². The number of aliphatic imine (C=N–C) groups is 1. The predicted molar refractivity (Wildman–Crippen MR) is 59.0 cm³/mol. The molecular formula is C11H15NS. The van der Waals surface area contributed by atoms with E-state index < -0.39 is 0 Å². The number of hydrogen-bond acceptors (Lipinski definition) is 2. The lowest BCUT2D eigenvalue weighted by molar-refractivity contribution is 0.823. The first kappa shape index (κ1) is 8.95. The third-order valence-corrected chi connectivity index (χ3v) is 3.45. The molecule has 2 rings (SSSR count). The minimum absolute atomic E-state index is 1.01. The highest BCUT2D eigenvalue weighted by molar-refractivity contribution is 7.10. The van der Waals surface area contributed by atoms with Crippen LogP contribution in [0.4, 0.5) is 0 Å². The van der Waals surface area contributed by atoms with Gasteiger partial charge in [0.1, 0.15) is 0 Å². The molecule has 0 saturated carbocycles. The molecule has 1 nitrogen and oxygen atoms in total. The third kappa shape index (κ3) is 1.83. The zero-order valence-electron chi connectivity index (χ0n) is 8.05. The number of fused-ring (bicyclic) bond motifs is 1.